The lowest BCUT2D eigenvalue weighted by molar-refractivity contribution is 0.669. The molecule has 0 saturated heterocycles. The first-order chi connectivity index (χ1) is 39.7. The molecule has 0 aliphatic rings. The van der Waals surface area contributed by atoms with E-state index in [1.807, 2.05) is 12.1 Å². The predicted octanol–water partition coefficient (Wildman–Crippen LogP) is 21.3. The second kappa shape index (κ2) is 16.4. The quantitative estimate of drug-likeness (QED) is 0.127. The highest BCUT2D eigenvalue weighted by Gasteiger charge is 2.23. The summed E-state index contributed by atoms with van der Waals surface area (Å²) in [6, 6.07) is 98.0. The van der Waals surface area contributed by atoms with Crippen LogP contribution in [-0.4, -0.2) is 9.13 Å². The molecular formula is C76H44N2O2. The first-order valence-corrected chi connectivity index (χ1v) is 27.5. The van der Waals surface area contributed by atoms with Crippen LogP contribution in [0, 0.1) is 0 Å². The normalized spacial score (nSPS) is 12.2. The van der Waals surface area contributed by atoms with Gasteiger partial charge >= 0.3 is 0 Å². The summed E-state index contributed by atoms with van der Waals surface area (Å²) in [6.45, 7) is 0. The Morgan fingerprint density at radius 1 is 0.212 bits per heavy atom. The monoisotopic (exact) mass is 1020 g/mol. The van der Waals surface area contributed by atoms with Gasteiger partial charge in [0.05, 0.1) is 22.1 Å². The van der Waals surface area contributed by atoms with Crippen LogP contribution in [0.4, 0.5) is 0 Å². The smallest absolute Gasteiger partial charge is 0.137 e. The van der Waals surface area contributed by atoms with Crippen LogP contribution in [0.1, 0.15) is 0 Å². The van der Waals surface area contributed by atoms with Crippen molar-refractivity contribution < 1.29 is 8.83 Å². The van der Waals surface area contributed by atoms with E-state index in [-0.39, 0.29) is 0 Å². The fraction of sp³-hybridized carbons (Fsp3) is 0. The average Bonchev–Trinajstić information content (AvgIpc) is 4.34. The minimum atomic E-state index is 0.887. The number of hydrogen-bond donors (Lipinski definition) is 0. The van der Waals surface area contributed by atoms with E-state index in [2.05, 4.69) is 264 Å². The zero-order chi connectivity index (χ0) is 52.2. The molecule has 0 aliphatic heterocycles. The molecule has 0 bridgehead atoms. The molecule has 80 heavy (non-hydrogen) atoms. The van der Waals surface area contributed by atoms with Crippen molar-refractivity contribution in [3.05, 3.63) is 267 Å². The second-order valence-corrected chi connectivity index (χ2v) is 21.5. The van der Waals surface area contributed by atoms with Crippen molar-refractivity contribution in [2.24, 2.45) is 0 Å². The van der Waals surface area contributed by atoms with E-state index in [1.54, 1.807) is 0 Å². The van der Waals surface area contributed by atoms with E-state index in [0.717, 1.165) is 88.4 Å². The van der Waals surface area contributed by atoms with Gasteiger partial charge in [0.2, 0.25) is 0 Å². The minimum Gasteiger partial charge on any atom is -0.456 e. The van der Waals surface area contributed by atoms with Crippen molar-refractivity contribution in [1.82, 2.24) is 9.13 Å². The first kappa shape index (κ1) is 43.4. The van der Waals surface area contributed by atoms with Crippen LogP contribution < -0.4 is 0 Å². The van der Waals surface area contributed by atoms with Gasteiger partial charge in [-0.15, -0.1) is 0 Å². The van der Waals surface area contributed by atoms with Crippen LogP contribution in [0.5, 0.6) is 0 Å². The molecule has 370 valence electrons. The Hall–Kier alpha value is -10.7. The van der Waals surface area contributed by atoms with Crippen molar-refractivity contribution in [2.75, 3.05) is 0 Å². The summed E-state index contributed by atoms with van der Waals surface area (Å²) < 4.78 is 17.8. The van der Waals surface area contributed by atoms with Crippen molar-refractivity contribution in [1.29, 1.82) is 0 Å². The maximum absolute atomic E-state index is 6.50. The van der Waals surface area contributed by atoms with Gasteiger partial charge in [0, 0.05) is 66.6 Å². The SMILES string of the molecule is c1ccc(-c2cc3ccccc3c3cc4c(-c5ccc(-n6c7ccccc7c7cc8c(cc76)oc6ccccc68)cc5)c5ccccc5c(-c5ccc(-n6c7ccccc7c7cc8c(cc76)oc6ccccc68)cc5)c4cc23)cc1. The standard InChI is InChI=1S/C76H44N2O2/c1-2-16-45(17-3-1)58-38-48-18-4-5-19-51(48)59-39-65-66(40-60(58)59)76(47-32-36-50(37-33-47)78-68-27-13-9-21-53(68)62-42-64-55-23-11-15-29-72(55)80-74(64)44-70(62)78)57-25-7-6-24-56(57)75(65)46-30-34-49(35-31-46)77-67-26-12-8-20-52(67)61-41-63-54-22-10-14-28-71(54)79-73(63)43-69(61)77/h1-44H. The fourth-order valence-corrected chi connectivity index (χ4v) is 13.7. The Balaban J connectivity index is 0.872. The van der Waals surface area contributed by atoms with Crippen LogP contribution in [0.25, 0.3) is 175 Å². The third-order valence-electron chi connectivity index (χ3n) is 17.3. The summed E-state index contributed by atoms with van der Waals surface area (Å²) in [5.41, 5.74) is 17.5. The molecular weight excluding hydrogens is 973 g/mol. The molecule has 0 fully saturated rings. The van der Waals surface area contributed by atoms with Gasteiger partial charge in [0.25, 0.3) is 0 Å². The molecule has 4 aromatic heterocycles. The molecule has 18 rings (SSSR count). The van der Waals surface area contributed by atoms with Crippen LogP contribution in [0.2, 0.25) is 0 Å². The molecule has 0 spiro atoms. The van der Waals surface area contributed by atoms with Crippen molar-refractivity contribution in [2.45, 2.75) is 0 Å². The Kier molecular flexibility index (Phi) is 8.91. The van der Waals surface area contributed by atoms with Gasteiger partial charge in [0.1, 0.15) is 22.3 Å². The maximum atomic E-state index is 6.50. The van der Waals surface area contributed by atoms with Crippen LogP contribution >= 0.6 is 0 Å². The Morgan fingerprint density at radius 3 is 1.15 bits per heavy atom. The Morgan fingerprint density at radius 2 is 0.625 bits per heavy atom. The van der Waals surface area contributed by atoms with Gasteiger partial charge in [-0.25, -0.2) is 0 Å². The number of furan rings is 2. The molecule has 0 radical (unpaired) electrons. The lowest BCUT2D eigenvalue weighted by Crippen LogP contribution is -1.96. The number of aromatic nitrogens is 2. The van der Waals surface area contributed by atoms with E-state index in [9.17, 15) is 0 Å². The number of rotatable bonds is 5. The lowest BCUT2D eigenvalue weighted by Gasteiger charge is -2.21. The van der Waals surface area contributed by atoms with Crippen molar-refractivity contribution in [3.63, 3.8) is 0 Å². The second-order valence-electron chi connectivity index (χ2n) is 21.5. The number of fused-ring (bicyclic) bond motifs is 17. The number of para-hydroxylation sites is 4. The third-order valence-corrected chi connectivity index (χ3v) is 17.3. The highest BCUT2D eigenvalue weighted by atomic mass is 16.3. The van der Waals surface area contributed by atoms with E-state index in [0.29, 0.717) is 0 Å². The van der Waals surface area contributed by atoms with Crippen LogP contribution in [-0.2, 0) is 0 Å². The predicted molar refractivity (Wildman–Crippen MR) is 336 cm³/mol. The molecule has 4 heteroatoms. The molecule has 4 heterocycles. The molecule has 14 aromatic carbocycles. The van der Waals surface area contributed by atoms with E-state index in [1.165, 1.54) is 86.9 Å². The van der Waals surface area contributed by atoms with Gasteiger partial charge < -0.3 is 18.0 Å². The number of nitrogens with zero attached hydrogens (tertiary/aromatic N) is 2. The molecule has 4 nitrogen and oxygen atoms in total. The molecule has 0 saturated carbocycles. The van der Waals surface area contributed by atoms with E-state index < -0.39 is 0 Å². The lowest BCUT2D eigenvalue weighted by atomic mass is 9.83. The van der Waals surface area contributed by atoms with Crippen LogP contribution in [0.15, 0.2) is 276 Å². The van der Waals surface area contributed by atoms with Crippen molar-refractivity contribution >= 4 is 131 Å². The summed E-state index contributed by atoms with van der Waals surface area (Å²) >= 11 is 0. The zero-order valence-electron chi connectivity index (χ0n) is 43.1. The fourth-order valence-electron chi connectivity index (χ4n) is 13.7. The summed E-state index contributed by atoms with van der Waals surface area (Å²) in [5.74, 6) is 0. The Bertz CT molecular complexity index is 5640. The zero-order valence-corrected chi connectivity index (χ0v) is 43.1. The van der Waals surface area contributed by atoms with Gasteiger partial charge in [-0.2, -0.15) is 0 Å². The van der Waals surface area contributed by atoms with Crippen LogP contribution in [0.3, 0.4) is 0 Å². The number of hydrogen-bond acceptors (Lipinski definition) is 2. The highest BCUT2D eigenvalue weighted by Crippen LogP contribution is 2.49. The molecule has 18 aromatic rings. The molecule has 0 unspecified atom stereocenters. The van der Waals surface area contributed by atoms with Gasteiger partial charge in [-0.05, 0) is 155 Å². The maximum Gasteiger partial charge on any atom is 0.137 e. The molecule has 0 atom stereocenters. The van der Waals surface area contributed by atoms with Gasteiger partial charge in [-0.1, -0.05) is 176 Å². The minimum absolute atomic E-state index is 0.887. The first-order valence-electron chi connectivity index (χ1n) is 27.5. The largest absolute Gasteiger partial charge is 0.456 e. The summed E-state index contributed by atoms with van der Waals surface area (Å²) in [6.07, 6.45) is 0. The highest BCUT2D eigenvalue weighted by molar-refractivity contribution is 6.27. The van der Waals surface area contributed by atoms with Crippen molar-refractivity contribution in [3.8, 4) is 44.8 Å². The third kappa shape index (κ3) is 6.16. The summed E-state index contributed by atoms with van der Waals surface area (Å²) in [7, 11) is 0. The number of benzene rings is 14. The summed E-state index contributed by atoms with van der Waals surface area (Å²) in [5, 5.41) is 19.1. The summed E-state index contributed by atoms with van der Waals surface area (Å²) in [4.78, 5) is 0. The topological polar surface area (TPSA) is 36.1 Å². The van der Waals surface area contributed by atoms with Gasteiger partial charge in [-0.3, -0.25) is 0 Å². The molecule has 0 aliphatic carbocycles. The molecule has 0 amide bonds. The van der Waals surface area contributed by atoms with E-state index in [4.69, 9.17) is 8.83 Å². The Labute approximate surface area is 457 Å². The van der Waals surface area contributed by atoms with E-state index >= 15 is 0 Å². The average molecular weight is 1020 g/mol. The molecule has 0 N–H and O–H groups in total. The van der Waals surface area contributed by atoms with Gasteiger partial charge in [0.15, 0.2) is 0 Å².